The minimum atomic E-state index is -4.00. The molecule has 2 rings (SSSR count). The topological polar surface area (TPSA) is 119 Å². The van der Waals surface area contributed by atoms with Gasteiger partial charge in [-0.05, 0) is 31.4 Å². The highest BCUT2D eigenvalue weighted by atomic mass is 31.2. The molecule has 8 heteroatoms. The second-order valence-electron chi connectivity index (χ2n) is 6.57. The number of nitrogens with two attached hydrogens (primary N) is 1. The van der Waals surface area contributed by atoms with Gasteiger partial charge in [-0.25, -0.2) is 9.88 Å². The summed E-state index contributed by atoms with van der Waals surface area (Å²) in [7, 11) is -4.00. The van der Waals surface area contributed by atoms with Crippen LogP contribution in [0, 0.1) is 0 Å². The predicted molar refractivity (Wildman–Crippen MR) is 107 cm³/mol. The van der Waals surface area contributed by atoms with Gasteiger partial charge in [0.1, 0.15) is 11.2 Å². The second kappa shape index (κ2) is 9.15. The molecule has 3 unspecified atom stereocenters. The first-order valence-electron chi connectivity index (χ1n) is 8.88. The number of carboxylic acids is 1. The van der Waals surface area contributed by atoms with Crippen molar-refractivity contribution < 1.29 is 24.0 Å². The number of esters is 1. The fourth-order valence-corrected chi connectivity index (χ4v) is 4.84. The van der Waals surface area contributed by atoms with Crippen LogP contribution in [0.1, 0.15) is 25.0 Å². The minimum Gasteiger partial charge on any atom is -0.480 e. The lowest BCUT2D eigenvalue weighted by Crippen LogP contribution is -2.49. The van der Waals surface area contributed by atoms with Crippen LogP contribution in [0.5, 0.6) is 0 Å². The Morgan fingerprint density at radius 3 is 2.18 bits per heavy atom. The molecular formula is C20H25N2O5P. The normalized spacial score (nSPS) is 16.4. The summed E-state index contributed by atoms with van der Waals surface area (Å²) in [6.45, 7) is 3.10. The van der Waals surface area contributed by atoms with Crippen LogP contribution >= 0.6 is 7.44 Å². The minimum absolute atomic E-state index is 0.0605. The lowest BCUT2D eigenvalue weighted by Gasteiger charge is -2.33. The third kappa shape index (κ3) is 5.07. The molecule has 0 heterocycles. The lowest BCUT2D eigenvalue weighted by molar-refractivity contribution is -0.145. The Morgan fingerprint density at radius 2 is 1.68 bits per heavy atom. The van der Waals surface area contributed by atoms with Crippen LogP contribution < -0.4 is 10.6 Å². The largest absolute Gasteiger partial charge is 0.480 e. The van der Waals surface area contributed by atoms with Crippen molar-refractivity contribution in [3.05, 3.63) is 71.8 Å². The molecule has 0 saturated carbocycles. The molecule has 4 N–H and O–H groups in total. The average molecular weight is 404 g/mol. The number of ether oxygens (including phenoxy) is 1. The first-order valence-corrected chi connectivity index (χ1v) is 10.7. The van der Waals surface area contributed by atoms with Gasteiger partial charge < -0.3 is 9.84 Å². The van der Waals surface area contributed by atoms with Gasteiger partial charge in [0.05, 0.1) is 6.61 Å². The van der Waals surface area contributed by atoms with Crippen molar-refractivity contribution in [1.29, 1.82) is 0 Å². The van der Waals surface area contributed by atoms with Gasteiger partial charge in [0.2, 0.25) is 7.44 Å². The lowest BCUT2D eigenvalue weighted by atomic mass is 9.94. The number of hydrogen-bond acceptors (Lipinski definition) is 4. The van der Waals surface area contributed by atoms with Gasteiger partial charge in [-0.2, -0.15) is 0 Å². The van der Waals surface area contributed by atoms with E-state index >= 15 is 0 Å². The fraction of sp³-hybridized carbons (Fsp3) is 0.300. The maximum atomic E-state index is 13.4. The smallest absolute Gasteiger partial charge is 0.328 e. The average Bonchev–Trinajstić information content (AvgIpc) is 2.67. The van der Waals surface area contributed by atoms with Crippen LogP contribution in [0.15, 0.2) is 60.7 Å². The van der Waals surface area contributed by atoms with E-state index < -0.39 is 30.6 Å². The van der Waals surface area contributed by atoms with Crippen LogP contribution in [0.25, 0.3) is 0 Å². The maximum absolute atomic E-state index is 13.4. The fourth-order valence-electron chi connectivity index (χ4n) is 2.89. The summed E-state index contributed by atoms with van der Waals surface area (Å²) >= 11 is 0. The molecule has 7 nitrogen and oxygen atoms in total. The Hall–Kier alpha value is -2.47. The zero-order valence-electron chi connectivity index (χ0n) is 15.9. The number of hydrogen-bond donors (Lipinski definition) is 3. The van der Waals surface area contributed by atoms with Crippen LogP contribution in [-0.2, 0) is 30.9 Å². The summed E-state index contributed by atoms with van der Waals surface area (Å²) in [4.78, 5) is 24.5. The molecule has 0 spiro atoms. The number of nitrogens with one attached hydrogen (secondary N) is 1. The molecular weight excluding hydrogens is 379 g/mol. The number of carbonyl (C=O) groups is 2. The van der Waals surface area contributed by atoms with Gasteiger partial charge in [0.25, 0.3) is 0 Å². The van der Waals surface area contributed by atoms with Crippen LogP contribution in [0.2, 0.25) is 0 Å². The van der Waals surface area contributed by atoms with E-state index in [0.717, 1.165) is 5.56 Å². The molecule has 0 aliphatic rings. The van der Waals surface area contributed by atoms with E-state index in [2.05, 4.69) is 5.09 Å². The molecule has 150 valence electrons. The van der Waals surface area contributed by atoms with Gasteiger partial charge >= 0.3 is 11.9 Å². The van der Waals surface area contributed by atoms with Gasteiger partial charge in [-0.15, -0.1) is 0 Å². The van der Waals surface area contributed by atoms with Gasteiger partial charge in [-0.1, -0.05) is 60.7 Å². The summed E-state index contributed by atoms with van der Waals surface area (Å²) in [5, 5.41) is 12.4. The Balaban J connectivity index is 2.41. The number of carbonyl (C=O) groups excluding carboxylic acids is 1. The molecule has 0 amide bonds. The van der Waals surface area contributed by atoms with Gasteiger partial charge in [0.15, 0.2) is 0 Å². The standard InChI is InChI=1S/C20H25N2O5P/c1-3-27-18(23)17(14-15-10-6-4-7-11-15)28(21,26)22-20(2,19(24)25)16-12-8-5-9-13-16/h4-13,17H,3,14H2,1-2H3,(H,24,25)(H3,21,22,26). The molecule has 2 aromatic carbocycles. The van der Waals surface area contributed by atoms with Crippen molar-refractivity contribution in [2.75, 3.05) is 6.61 Å². The molecule has 3 atom stereocenters. The van der Waals surface area contributed by atoms with Crippen LogP contribution in [-0.4, -0.2) is 29.3 Å². The summed E-state index contributed by atoms with van der Waals surface area (Å²) < 4.78 is 18.5. The molecule has 0 aromatic heterocycles. The van der Waals surface area contributed by atoms with Crippen LogP contribution in [0.4, 0.5) is 0 Å². The van der Waals surface area contributed by atoms with Crippen molar-refractivity contribution >= 4 is 19.4 Å². The Labute approximate surface area is 164 Å². The van der Waals surface area contributed by atoms with E-state index in [0.29, 0.717) is 5.56 Å². The summed E-state index contributed by atoms with van der Waals surface area (Å²) in [6, 6.07) is 17.2. The van der Waals surface area contributed by atoms with Gasteiger partial charge in [-0.3, -0.25) is 14.9 Å². The number of rotatable bonds is 9. The molecule has 2 aromatic rings. The highest BCUT2D eigenvalue weighted by Gasteiger charge is 2.45. The third-order valence-electron chi connectivity index (χ3n) is 4.47. The Kier molecular flexibility index (Phi) is 7.13. The molecule has 28 heavy (non-hydrogen) atoms. The molecule has 0 aliphatic heterocycles. The SMILES string of the molecule is CCOC(=O)C(Cc1ccccc1)P(N)(=O)NC(C)(C(=O)O)c1ccccc1. The van der Waals surface area contributed by atoms with Crippen molar-refractivity contribution in [3.8, 4) is 0 Å². The van der Waals surface area contributed by atoms with E-state index in [1.54, 1.807) is 61.5 Å². The first-order chi connectivity index (χ1) is 13.2. The maximum Gasteiger partial charge on any atom is 0.328 e. The van der Waals surface area contributed by atoms with Crippen molar-refractivity contribution in [2.24, 2.45) is 5.50 Å². The third-order valence-corrected chi connectivity index (χ3v) is 6.59. The summed E-state index contributed by atoms with van der Waals surface area (Å²) in [5.41, 5.74) is 4.23. The Bertz CT molecular complexity index is 859. The van der Waals surface area contributed by atoms with Crippen molar-refractivity contribution in [2.45, 2.75) is 31.5 Å². The van der Waals surface area contributed by atoms with Crippen LogP contribution in [0.3, 0.4) is 0 Å². The highest BCUT2D eigenvalue weighted by Crippen LogP contribution is 2.45. The number of benzene rings is 2. The van der Waals surface area contributed by atoms with E-state index in [4.69, 9.17) is 10.2 Å². The van der Waals surface area contributed by atoms with E-state index in [1.165, 1.54) is 6.92 Å². The molecule has 0 aliphatic carbocycles. The molecule has 0 radical (unpaired) electrons. The zero-order chi connectivity index (χ0) is 20.8. The molecule has 0 saturated heterocycles. The van der Waals surface area contributed by atoms with E-state index in [9.17, 15) is 19.3 Å². The number of carboxylic acid groups (broad SMARTS) is 1. The van der Waals surface area contributed by atoms with Crippen molar-refractivity contribution in [1.82, 2.24) is 5.09 Å². The monoisotopic (exact) mass is 404 g/mol. The van der Waals surface area contributed by atoms with E-state index in [1.807, 2.05) is 6.07 Å². The quantitative estimate of drug-likeness (QED) is 0.434. The molecule has 0 bridgehead atoms. The number of aliphatic carboxylic acids is 1. The van der Waals surface area contributed by atoms with Crippen molar-refractivity contribution in [3.63, 3.8) is 0 Å². The first kappa shape index (κ1) is 21.8. The molecule has 0 fully saturated rings. The zero-order valence-corrected chi connectivity index (χ0v) is 16.8. The predicted octanol–water partition coefficient (Wildman–Crippen LogP) is 2.90. The van der Waals surface area contributed by atoms with Gasteiger partial charge in [0, 0.05) is 0 Å². The Morgan fingerprint density at radius 1 is 1.14 bits per heavy atom. The highest BCUT2D eigenvalue weighted by molar-refractivity contribution is 7.61. The second-order valence-corrected chi connectivity index (χ2v) is 8.84. The summed E-state index contributed by atoms with van der Waals surface area (Å²) in [5.74, 6) is -1.99. The summed E-state index contributed by atoms with van der Waals surface area (Å²) in [6.07, 6.45) is 0.0605. The van der Waals surface area contributed by atoms with E-state index in [-0.39, 0.29) is 13.0 Å².